The Morgan fingerprint density at radius 3 is 2.60 bits per heavy atom. The van der Waals surface area contributed by atoms with Gasteiger partial charge in [0, 0.05) is 34.9 Å². The van der Waals surface area contributed by atoms with Gasteiger partial charge in [0.1, 0.15) is 0 Å². The fourth-order valence-corrected chi connectivity index (χ4v) is 3.85. The van der Waals surface area contributed by atoms with Gasteiger partial charge in [-0.15, -0.1) is 11.8 Å². The van der Waals surface area contributed by atoms with Crippen LogP contribution in [0.25, 0.3) is 0 Å². The highest BCUT2D eigenvalue weighted by Crippen LogP contribution is 2.27. The molecular weight excluding hydrogens is 350 g/mol. The molecule has 4 nitrogen and oxygen atoms in total. The first-order valence-corrected chi connectivity index (χ1v) is 9.65. The van der Waals surface area contributed by atoms with Crippen LogP contribution in [0.3, 0.4) is 0 Å². The molecule has 25 heavy (non-hydrogen) atoms. The number of amides is 1. The van der Waals surface area contributed by atoms with Gasteiger partial charge < -0.3 is 9.88 Å². The number of hydrogen-bond acceptors (Lipinski definition) is 4. The van der Waals surface area contributed by atoms with Gasteiger partial charge in [0.15, 0.2) is 5.16 Å². The Kier molecular flexibility index (Phi) is 5.83. The lowest BCUT2D eigenvalue weighted by Gasteiger charge is -2.08. The zero-order valence-corrected chi connectivity index (χ0v) is 15.7. The molecule has 0 aliphatic rings. The van der Waals surface area contributed by atoms with Gasteiger partial charge in [-0.2, -0.15) is 0 Å². The normalized spacial score (nSPS) is 10.6. The predicted octanol–water partition coefficient (Wildman–Crippen LogP) is 4.61. The van der Waals surface area contributed by atoms with E-state index in [1.54, 1.807) is 29.7 Å². The van der Waals surface area contributed by atoms with Crippen molar-refractivity contribution >= 4 is 35.1 Å². The number of nitrogens with zero attached hydrogens (tertiary/aromatic N) is 2. The highest BCUT2D eigenvalue weighted by Gasteiger charge is 2.06. The second-order valence-electron chi connectivity index (χ2n) is 5.55. The van der Waals surface area contributed by atoms with Crippen molar-refractivity contribution in [1.29, 1.82) is 0 Å². The van der Waals surface area contributed by atoms with Gasteiger partial charge in [0.2, 0.25) is 5.91 Å². The van der Waals surface area contributed by atoms with Crippen molar-refractivity contribution in [3.05, 3.63) is 66.5 Å². The van der Waals surface area contributed by atoms with E-state index in [1.807, 2.05) is 60.3 Å². The quantitative estimate of drug-likeness (QED) is 0.645. The summed E-state index contributed by atoms with van der Waals surface area (Å²) < 4.78 is 1.98. The van der Waals surface area contributed by atoms with Crippen LogP contribution in [-0.2, 0) is 11.8 Å². The minimum atomic E-state index is -0.00208. The number of aryl methyl sites for hydroxylation is 2. The molecule has 0 saturated heterocycles. The Labute approximate surface area is 156 Å². The number of carbonyl (C=O) groups is 1. The number of imidazole rings is 1. The maximum absolute atomic E-state index is 12.1. The number of carbonyl (C=O) groups excluding carboxylic acids is 1. The van der Waals surface area contributed by atoms with Crippen molar-refractivity contribution in [2.24, 2.45) is 7.05 Å². The highest BCUT2D eigenvalue weighted by molar-refractivity contribution is 8.00. The van der Waals surface area contributed by atoms with Crippen LogP contribution in [0.15, 0.2) is 75.9 Å². The zero-order valence-electron chi connectivity index (χ0n) is 14.1. The fourth-order valence-electron chi connectivity index (χ4n) is 2.22. The number of rotatable bonds is 6. The predicted molar refractivity (Wildman–Crippen MR) is 104 cm³/mol. The van der Waals surface area contributed by atoms with Crippen molar-refractivity contribution in [3.8, 4) is 0 Å². The van der Waals surface area contributed by atoms with Gasteiger partial charge in [-0.3, -0.25) is 4.79 Å². The Morgan fingerprint density at radius 1 is 1.16 bits per heavy atom. The van der Waals surface area contributed by atoms with Crippen LogP contribution >= 0.6 is 23.5 Å². The number of benzene rings is 2. The van der Waals surface area contributed by atoms with Crippen molar-refractivity contribution in [3.63, 3.8) is 0 Å². The van der Waals surface area contributed by atoms with Gasteiger partial charge in [-0.1, -0.05) is 30.0 Å². The molecule has 1 N–H and O–H groups in total. The maximum Gasteiger partial charge on any atom is 0.234 e. The minimum Gasteiger partial charge on any atom is -0.329 e. The molecule has 0 unspecified atom stereocenters. The number of aromatic nitrogens is 2. The molecule has 3 rings (SSSR count). The topological polar surface area (TPSA) is 46.9 Å². The lowest BCUT2D eigenvalue weighted by Crippen LogP contribution is -2.13. The van der Waals surface area contributed by atoms with E-state index in [-0.39, 0.29) is 5.91 Å². The summed E-state index contributed by atoms with van der Waals surface area (Å²) in [6.07, 6.45) is 3.70. The number of anilines is 1. The monoisotopic (exact) mass is 369 g/mol. The van der Waals surface area contributed by atoms with Gasteiger partial charge >= 0.3 is 0 Å². The summed E-state index contributed by atoms with van der Waals surface area (Å²) in [5, 5.41) is 3.88. The van der Waals surface area contributed by atoms with E-state index in [9.17, 15) is 4.79 Å². The molecule has 6 heteroatoms. The molecule has 0 fully saturated rings. The Morgan fingerprint density at radius 2 is 1.92 bits per heavy atom. The Bertz CT molecular complexity index is 859. The summed E-state index contributed by atoms with van der Waals surface area (Å²) in [7, 11) is 1.97. The third kappa shape index (κ3) is 4.90. The standard InChI is InChI=1S/C19H19N3OS2/c1-14-5-3-4-6-17(14)24-13-18(23)21-15-7-9-16(10-8-15)25-19-20-11-12-22(19)2/h3-12H,13H2,1-2H3,(H,21,23). The smallest absolute Gasteiger partial charge is 0.234 e. The van der Waals surface area contributed by atoms with E-state index in [1.165, 1.54) is 5.56 Å². The molecule has 2 aromatic carbocycles. The molecule has 0 aliphatic carbocycles. The Hall–Kier alpha value is -2.18. The molecule has 0 bridgehead atoms. The van der Waals surface area contributed by atoms with Gasteiger partial charge in [-0.05, 0) is 42.8 Å². The van der Waals surface area contributed by atoms with Crippen LogP contribution in [0.4, 0.5) is 5.69 Å². The lowest BCUT2D eigenvalue weighted by molar-refractivity contribution is -0.113. The van der Waals surface area contributed by atoms with Crippen LogP contribution in [0, 0.1) is 6.92 Å². The molecular formula is C19H19N3OS2. The molecule has 0 atom stereocenters. The van der Waals surface area contributed by atoms with E-state index in [2.05, 4.69) is 23.3 Å². The maximum atomic E-state index is 12.1. The molecule has 1 amide bonds. The molecule has 0 aliphatic heterocycles. The van der Waals surface area contributed by atoms with E-state index >= 15 is 0 Å². The largest absolute Gasteiger partial charge is 0.329 e. The van der Waals surface area contributed by atoms with E-state index in [0.29, 0.717) is 5.75 Å². The van der Waals surface area contributed by atoms with Crippen LogP contribution < -0.4 is 5.32 Å². The van der Waals surface area contributed by atoms with Gasteiger partial charge in [0.25, 0.3) is 0 Å². The molecule has 1 aromatic heterocycles. The summed E-state index contributed by atoms with van der Waals surface area (Å²) in [6.45, 7) is 2.05. The van der Waals surface area contributed by atoms with Crippen molar-refractivity contribution < 1.29 is 4.79 Å². The summed E-state index contributed by atoms with van der Waals surface area (Å²) in [5.41, 5.74) is 2.00. The number of nitrogens with one attached hydrogen (secondary N) is 1. The van der Waals surface area contributed by atoms with E-state index in [4.69, 9.17) is 0 Å². The molecule has 128 valence electrons. The first-order chi connectivity index (χ1) is 12.1. The lowest BCUT2D eigenvalue weighted by atomic mass is 10.2. The fraction of sp³-hybridized carbons (Fsp3) is 0.158. The van der Waals surface area contributed by atoms with Crippen molar-refractivity contribution in [2.45, 2.75) is 21.9 Å². The summed E-state index contributed by atoms with van der Waals surface area (Å²) in [5.74, 6) is 0.395. The van der Waals surface area contributed by atoms with Crippen LogP contribution in [-0.4, -0.2) is 21.2 Å². The first kappa shape index (κ1) is 17.6. The molecule has 3 aromatic rings. The third-order valence-corrected chi connectivity index (χ3v) is 5.84. The van der Waals surface area contributed by atoms with E-state index in [0.717, 1.165) is 20.6 Å². The SMILES string of the molecule is Cc1ccccc1SCC(=O)Nc1ccc(Sc2nccn2C)cc1. The van der Waals surface area contributed by atoms with Crippen LogP contribution in [0.1, 0.15) is 5.56 Å². The van der Waals surface area contributed by atoms with Crippen molar-refractivity contribution in [1.82, 2.24) is 9.55 Å². The highest BCUT2D eigenvalue weighted by atomic mass is 32.2. The van der Waals surface area contributed by atoms with Crippen LogP contribution in [0.2, 0.25) is 0 Å². The first-order valence-electron chi connectivity index (χ1n) is 7.85. The average molecular weight is 370 g/mol. The van der Waals surface area contributed by atoms with Gasteiger partial charge in [0.05, 0.1) is 5.75 Å². The summed E-state index contributed by atoms with van der Waals surface area (Å²) in [4.78, 5) is 18.7. The van der Waals surface area contributed by atoms with Crippen molar-refractivity contribution in [2.75, 3.05) is 11.1 Å². The molecule has 0 radical (unpaired) electrons. The molecule has 0 spiro atoms. The average Bonchev–Trinajstić information content (AvgIpc) is 3.01. The number of thioether (sulfide) groups is 1. The molecule has 1 heterocycles. The second-order valence-corrected chi connectivity index (χ2v) is 7.61. The summed E-state index contributed by atoms with van der Waals surface area (Å²) in [6, 6.07) is 15.9. The molecule has 0 saturated carbocycles. The summed E-state index contributed by atoms with van der Waals surface area (Å²) >= 11 is 3.15. The van der Waals surface area contributed by atoms with Gasteiger partial charge in [-0.25, -0.2) is 4.98 Å². The van der Waals surface area contributed by atoms with Crippen LogP contribution in [0.5, 0.6) is 0 Å². The second kappa shape index (κ2) is 8.27. The van der Waals surface area contributed by atoms with E-state index < -0.39 is 0 Å². The zero-order chi connectivity index (χ0) is 17.6. The number of hydrogen-bond donors (Lipinski definition) is 1. The Balaban J connectivity index is 1.53. The minimum absolute atomic E-state index is 0.00208. The third-order valence-electron chi connectivity index (χ3n) is 3.58.